The minimum atomic E-state index is -0.389. The number of rotatable bonds is 5. The fourth-order valence-corrected chi connectivity index (χ4v) is 3.38. The van der Waals surface area contributed by atoms with E-state index < -0.39 is 0 Å². The lowest BCUT2D eigenvalue weighted by molar-refractivity contribution is 0.252. The van der Waals surface area contributed by atoms with E-state index in [1.54, 1.807) is 6.21 Å². The number of hydrazone groups is 1. The lowest BCUT2D eigenvalue weighted by Crippen LogP contribution is -2.24. The second-order valence-electron chi connectivity index (χ2n) is 7.05. The number of aromatic nitrogens is 1. The van der Waals surface area contributed by atoms with E-state index >= 15 is 0 Å². The molecule has 6 heteroatoms. The molecular formula is C24H21ClN4O. The summed E-state index contributed by atoms with van der Waals surface area (Å²) in [6, 6.07) is 23.1. The topological polar surface area (TPSA) is 58.4 Å². The first-order chi connectivity index (χ1) is 14.6. The fourth-order valence-electron chi connectivity index (χ4n) is 3.25. The summed E-state index contributed by atoms with van der Waals surface area (Å²) in [7, 11) is 0. The van der Waals surface area contributed by atoms with Crippen molar-refractivity contribution in [2.24, 2.45) is 5.10 Å². The van der Waals surface area contributed by atoms with E-state index in [-0.39, 0.29) is 6.03 Å². The van der Waals surface area contributed by atoms with Gasteiger partial charge in [-0.05, 0) is 42.8 Å². The van der Waals surface area contributed by atoms with Gasteiger partial charge in [-0.1, -0.05) is 59.6 Å². The van der Waals surface area contributed by atoms with Crippen molar-refractivity contribution in [2.75, 3.05) is 5.32 Å². The molecule has 0 saturated heterocycles. The molecule has 3 aromatic carbocycles. The smallest absolute Gasteiger partial charge is 0.339 e. The molecule has 1 heterocycles. The van der Waals surface area contributed by atoms with Crippen LogP contribution in [0.1, 0.15) is 16.7 Å². The molecule has 0 aliphatic rings. The molecule has 2 N–H and O–H groups in total. The minimum Gasteiger partial charge on any atom is -0.342 e. The summed E-state index contributed by atoms with van der Waals surface area (Å²) in [4.78, 5) is 12.1. The number of benzene rings is 3. The van der Waals surface area contributed by atoms with E-state index in [1.807, 2.05) is 79.9 Å². The van der Waals surface area contributed by atoms with E-state index in [2.05, 4.69) is 26.5 Å². The van der Waals surface area contributed by atoms with Crippen molar-refractivity contribution in [3.63, 3.8) is 0 Å². The number of fused-ring (bicyclic) bond motifs is 1. The molecule has 0 radical (unpaired) electrons. The van der Waals surface area contributed by atoms with Crippen molar-refractivity contribution in [2.45, 2.75) is 13.5 Å². The van der Waals surface area contributed by atoms with Crippen molar-refractivity contribution in [1.82, 2.24) is 9.99 Å². The van der Waals surface area contributed by atoms with Crippen molar-refractivity contribution >= 4 is 40.4 Å². The molecule has 4 aromatic rings. The third-order valence-electron chi connectivity index (χ3n) is 4.76. The van der Waals surface area contributed by atoms with E-state index in [0.717, 1.165) is 32.6 Å². The van der Waals surface area contributed by atoms with Gasteiger partial charge in [-0.25, -0.2) is 10.2 Å². The first-order valence-corrected chi connectivity index (χ1v) is 9.95. The number of anilines is 1. The van der Waals surface area contributed by atoms with E-state index in [0.29, 0.717) is 12.2 Å². The zero-order valence-electron chi connectivity index (χ0n) is 16.5. The normalized spacial score (nSPS) is 11.1. The molecule has 0 bridgehead atoms. The van der Waals surface area contributed by atoms with Crippen LogP contribution in [0.5, 0.6) is 0 Å². The fraction of sp³-hybridized carbons (Fsp3) is 0.0833. The highest BCUT2D eigenvalue weighted by atomic mass is 35.5. The number of nitrogens with one attached hydrogen (secondary N) is 2. The number of nitrogens with zero attached hydrogens (tertiary/aromatic N) is 2. The average Bonchev–Trinajstić information content (AvgIpc) is 3.09. The number of carbonyl (C=O) groups excluding carboxylic acids is 1. The van der Waals surface area contributed by atoms with Crippen molar-refractivity contribution in [3.8, 4) is 0 Å². The van der Waals surface area contributed by atoms with Gasteiger partial charge >= 0.3 is 6.03 Å². The molecule has 1 aromatic heterocycles. The van der Waals surface area contributed by atoms with Crippen LogP contribution >= 0.6 is 11.6 Å². The first-order valence-electron chi connectivity index (χ1n) is 9.57. The van der Waals surface area contributed by atoms with Gasteiger partial charge in [0.1, 0.15) is 0 Å². The summed E-state index contributed by atoms with van der Waals surface area (Å²) < 4.78 is 2.16. The number of carbonyl (C=O) groups is 1. The van der Waals surface area contributed by atoms with E-state index in [9.17, 15) is 4.79 Å². The van der Waals surface area contributed by atoms with Crippen LogP contribution < -0.4 is 10.7 Å². The standard InChI is InChI=1S/C24H21ClN4O/c1-17-6-12-21(13-7-17)27-24(30)28-26-14-19-16-29(23-5-3-2-4-22(19)23)15-18-8-10-20(25)11-9-18/h2-14,16H,15H2,1H3,(H2,27,28,30)/b26-14-. The summed E-state index contributed by atoms with van der Waals surface area (Å²) in [6.45, 7) is 2.71. The Morgan fingerprint density at radius 1 is 1.03 bits per heavy atom. The Balaban J connectivity index is 1.49. The number of aryl methyl sites for hydroxylation is 1. The highest BCUT2D eigenvalue weighted by molar-refractivity contribution is 6.30. The van der Waals surface area contributed by atoms with Gasteiger partial charge in [0, 0.05) is 39.9 Å². The molecule has 0 unspecified atom stereocenters. The summed E-state index contributed by atoms with van der Waals surface area (Å²) in [6.07, 6.45) is 3.69. The number of amides is 2. The van der Waals surface area contributed by atoms with Crippen LogP contribution in [0.25, 0.3) is 10.9 Å². The molecule has 0 spiro atoms. The summed E-state index contributed by atoms with van der Waals surface area (Å²) in [5.41, 5.74) is 7.54. The minimum absolute atomic E-state index is 0.389. The van der Waals surface area contributed by atoms with Crippen LogP contribution in [0.4, 0.5) is 10.5 Å². The Labute approximate surface area is 180 Å². The molecule has 4 rings (SSSR count). The quantitative estimate of drug-likeness (QED) is 0.313. The van der Waals surface area contributed by atoms with Gasteiger partial charge in [-0.3, -0.25) is 0 Å². The number of para-hydroxylation sites is 1. The molecular weight excluding hydrogens is 396 g/mol. The molecule has 0 saturated carbocycles. The Morgan fingerprint density at radius 2 is 1.77 bits per heavy atom. The van der Waals surface area contributed by atoms with Gasteiger partial charge in [-0.2, -0.15) is 5.10 Å². The van der Waals surface area contributed by atoms with Crippen molar-refractivity contribution in [1.29, 1.82) is 0 Å². The third-order valence-corrected chi connectivity index (χ3v) is 5.02. The number of hydrogen-bond donors (Lipinski definition) is 2. The van der Waals surface area contributed by atoms with Crippen LogP contribution in [0, 0.1) is 6.92 Å². The van der Waals surface area contributed by atoms with Gasteiger partial charge in [0.15, 0.2) is 0 Å². The summed E-state index contributed by atoms with van der Waals surface area (Å²) >= 11 is 5.99. The van der Waals surface area contributed by atoms with Gasteiger partial charge in [0.2, 0.25) is 0 Å². The predicted octanol–water partition coefficient (Wildman–Crippen LogP) is 5.81. The number of hydrogen-bond acceptors (Lipinski definition) is 2. The van der Waals surface area contributed by atoms with Crippen LogP contribution in [0.15, 0.2) is 84.1 Å². The largest absolute Gasteiger partial charge is 0.342 e. The second-order valence-corrected chi connectivity index (χ2v) is 7.48. The van der Waals surface area contributed by atoms with Crippen LogP contribution in [-0.2, 0) is 6.54 Å². The average molecular weight is 417 g/mol. The molecule has 30 heavy (non-hydrogen) atoms. The molecule has 5 nitrogen and oxygen atoms in total. The van der Waals surface area contributed by atoms with E-state index in [4.69, 9.17) is 11.6 Å². The Kier molecular flexibility index (Phi) is 5.82. The SMILES string of the molecule is Cc1ccc(NC(=O)N/N=C\c2cn(Cc3ccc(Cl)cc3)c3ccccc23)cc1. The first kappa shape index (κ1) is 19.7. The summed E-state index contributed by atoms with van der Waals surface area (Å²) in [5.74, 6) is 0. The third kappa shape index (κ3) is 4.70. The molecule has 0 aliphatic heterocycles. The molecule has 2 amide bonds. The molecule has 150 valence electrons. The molecule has 0 atom stereocenters. The van der Waals surface area contributed by atoms with Crippen molar-refractivity contribution < 1.29 is 4.79 Å². The lowest BCUT2D eigenvalue weighted by Gasteiger charge is -2.05. The maximum atomic E-state index is 12.1. The number of urea groups is 1. The van der Waals surface area contributed by atoms with Gasteiger partial charge in [0.25, 0.3) is 0 Å². The lowest BCUT2D eigenvalue weighted by atomic mass is 10.2. The Bertz CT molecular complexity index is 1190. The predicted molar refractivity (Wildman–Crippen MR) is 123 cm³/mol. The monoisotopic (exact) mass is 416 g/mol. The van der Waals surface area contributed by atoms with Gasteiger partial charge < -0.3 is 9.88 Å². The van der Waals surface area contributed by atoms with Crippen LogP contribution in [-0.4, -0.2) is 16.8 Å². The Hall–Kier alpha value is -3.57. The zero-order valence-corrected chi connectivity index (χ0v) is 17.2. The zero-order chi connectivity index (χ0) is 20.9. The van der Waals surface area contributed by atoms with Crippen LogP contribution in [0.3, 0.4) is 0 Å². The maximum Gasteiger partial charge on any atom is 0.339 e. The van der Waals surface area contributed by atoms with Gasteiger partial charge in [0.05, 0.1) is 6.21 Å². The maximum absolute atomic E-state index is 12.1. The highest BCUT2D eigenvalue weighted by Crippen LogP contribution is 2.21. The van der Waals surface area contributed by atoms with Crippen LogP contribution in [0.2, 0.25) is 5.02 Å². The Morgan fingerprint density at radius 3 is 2.53 bits per heavy atom. The summed E-state index contributed by atoms with van der Waals surface area (Å²) in [5, 5.41) is 8.66. The second kappa shape index (κ2) is 8.84. The van der Waals surface area contributed by atoms with Crippen molar-refractivity contribution in [3.05, 3.63) is 101 Å². The molecule has 0 fully saturated rings. The van der Waals surface area contributed by atoms with Gasteiger partial charge in [-0.15, -0.1) is 0 Å². The number of halogens is 1. The molecule has 0 aliphatic carbocycles. The van der Waals surface area contributed by atoms with E-state index in [1.165, 1.54) is 0 Å². The highest BCUT2D eigenvalue weighted by Gasteiger charge is 2.07.